The number of carbonyl (C=O) groups excluding carboxylic acids is 2. The number of nitrogens with zero attached hydrogens (tertiary/aromatic N) is 2. The van der Waals surface area contributed by atoms with Crippen LogP contribution in [0.2, 0.25) is 0 Å². The smallest absolute Gasteiger partial charge is 0.267 e. The number of hydrogen-bond donors (Lipinski definition) is 0. The van der Waals surface area contributed by atoms with E-state index in [1.54, 1.807) is 9.80 Å². The SMILES string of the molecule is CCN1C(=O)/C(=C2/SC(=S)N(C[C@@H]3CCCO3)C2=O)c2ccccc21. The number of likely N-dealkylation sites (N-methyl/N-ethyl adjacent to an activating group) is 1. The van der Waals surface area contributed by atoms with Crippen molar-refractivity contribution in [1.29, 1.82) is 0 Å². The summed E-state index contributed by atoms with van der Waals surface area (Å²) < 4.78 is 6.13. The fourth-order valence-electron chi connectivity index (χ4n) is 3.51. The zero-order valence-electron chi connectivity index (χ0n) is 13.9. The molecule has 2 amide bonds. The molecule has 0 N–H and O–H groups in total. The second-order valence-corrected chi connectivity index (χ2v) is 7.83. The Kier molecular flexibility index (Phi) is 4.39. The summed E-state index contributed by atoms with van der Waals surface area (Å²) in [4.78, 5) is 29.6. The Balaban J connectivity index is 1.72. The van der Waals surface area contributed by atoms with Crippen LogP contribution in [0.15, 0.2) is 29.2 Å². The second kappa shape index (κ2) is 6.55. The minimum atomic E-state index is -0.179. The highest BCUT2D eigenvalue weighted by Gasteiger charge is 2.42. The van der Waals surface area contributed by atoms with Crippen molar-refractivity contribution in [2.75, 3.05) is 24.6 Å². The Morgan fingerprint density at radius 1 is 1.24 bits per heavy atom. The van der Waals surface area contributed by atoms with Crippen molar-refractivity contribution in [3.05, 3.63) is 34.7 Å². The quantitative estimate of drug-likeness (QED) is 0.601. The molecular weight excluding hydrogens is 356 g/mol. The van der Waals surface area contributed by atoms with Gasteiger partial charge < -0.3 is 9.64 Å². The summed E-state index contributed by atoms with van der Waals surface area (Å²) >= 11 is 6.64. The van der Waals surface area contributed by atoms with Gasteiger partial charge in [-0.1, -0.05) is 42.2 Å². The third-order valence-electron chi connectivity index (χ3n) is 4.73. The van der Waals surface area contributed by atoms with Gasteiger partial charge in [0.15, 0.2) is 0 Å². The molecule has 0 spiro atoms. The average molecular weight is 374 g/mol. The summed E-state index contributed by atoms with van der Waals surface area (Å²) in [5.74, 6) is -0.303. The van der Waals surface area contributed by atoms with Crippen LogP contribution in [0.5, 0.6) is 0 Å². The summed E-state index contributed by atoms with van der Waals surface area (Å²) in [7, 11) is 0. The van der Waals surface area contributed by atoms with Gasteiger partial charge in [0.05, 0.1) is 28.8 Å². The molecule has 0 unspecified atom stereocenters. The lowest BCUT2D eigenvalue weighted by atomic mass is 10.1. The maximum atomic E-state index is 13.0. The highest BCUT2D eigenvalue weighted by atomic mass is 32.2. The molecule has 5 nitrogen and oxygen atoms in total. The maximum Gasteiger partial charge on any atom is 0.267 e. The minimum Gasteiger partial charge on any atom is -0.376 e. The number of rotatable bonds is 3. The summed E-state index contributed by atoms with van der Waals surface area (Å²) in [6.07, 6.45) is 1.98. The van der Waals surface area contributed by atoms with Crippen molar-refractivity contribution in [3.8, 4) is 0 Å². The number of fused-ring (bicyclic) bond motifs is 1. The molecule has 130 valence electrons. The molecule has 0 saturated carbocycles. The number of benzene rings is 1. The van der Waals surface area contributed by atoms with E-state index in [-0.39, 0.29) is 17.9 Å². The summed E-state index contributed by atoms with van der Waals surface area (Å²) in [5.41, 5.74) is 2.14. The number of thiocarbonyl (C=S) groups is 1. The third kappa shape index (κ3) is 2.70. The Morgan fingerprint density at radius 3 is 2.76 bits per heavy atom. The summed E-state index contributed by atoms with van der Waals surface area (Å²) in [6.45, 7) is 3.70. The van der Waals surface area contributed by atoms with E-state index >= 15 is 0 Å². The average Bonchev–Trinajstić information content (AvgIpc) is 3.28. The number of carbonyl (C=O) groups is 2. The van der Waals surface area contributed by atoms with Gasteiger partial charge in [-0.2, -0.15) is 0 Å². The van der Waals surface area contributed by atoms with Crippen molar-refractivity contribution < 1.29 is 14.3 Å². The molecule has 0 radical (unpaired) electrons. The zero-order chi connectivity index (χ0) is 17.6. The van der Waals surface area contributed by atoms with Crippen LogP contribution >= 0.6 is 24.0 Å². The van der Waals surface area contributed by atoms with Crippen LogP contribution in [-0.4, -0.2) is 46.8 Å². The lowest BCUT2D eigenvalue weighted by Crippen LogP contribution is -2.35. The molecule has 2 fully saturated rings. The topological polar surface area (TPSA) is 49.9 Å². The van der Waals surface area contributed by atoms with Crippen LogP contribution in [0.1, 0.15) is 25.3 Å². The molecule has 2 saturated heterocycles. The first kappa shape index (κ1) is 16.8. The first-order valence-corrected chi connectivity index (χ1v) is 9.65. The molecule has 0 aliphatic carbocycles. The minimum absolute atomic E-state index is 0.0329. The number of hydrogen-bond acceptors (Lipinski definition) is 5. The third-order valence-corrected chi connectivity index (χ3v) is 6.17. The van der Waals surface area contributed by atoms with E-state index in [0.29, 0.717) is 27.9 Å². The predicted octanol–water partition coefficient (Wildman–Crippen LogP) is 2.80. The molecule has 3 heterocycles. The van der Waals surface area contributed by atoms with E-state index in [1.165, 1.54) is 11.8 Å². The first-order valence-electron chi connectivity index (χ1n) is 8.42. The van der Waals surface area contributed by atoms with Gasteiger partial charge in [-0.3, -0.25) is 14.5 Å². The molecule has 4 rings (SSSR count). The number of thioether (sulfide) groups is 1. The van der Waals surface area contributed by atoms with Gasteiger partial charge in [0, 0.05) is 18.7 Å². The molecule has 1 aromatic carbocycles. The molecule has 1 aromatic rings. The molecule has 0 aromatic heterocycles. The molecule has 3 aliphatic rings. The second-order valence-electron chi connectivity index (χ2n) is 6.19. The van der Waals surface area contributed by atoms with E-state index in [1.807, 2.05) is 31.2 Å². The van der Waals surface area contributed by atoms with Gasteiger partial charge in [0.2, 0.25) is 0 Å². The molecule has 7 heteroatoms. The normalized spacial score (nSPS) is 26.1. The van der Waals surface area contributed by atoms with Crippen molar-refractivity contribution in [2.24, 2.45) is 0 Å². The maximum absolute atomic E-state index is 13.0. The number of ether oxygens (including phenoxy) is 1. The Hall–Kier alpha value is -1.70. The molecule has 25 heavy (non-hydrogen) atoms. The van der Waals surface area contributed by atoms with Gasteiger partial charge >= 0.3 is 0 Å². The molecular formula is C18H18N2O3S2. The number of para-hydroxylation sites is 1. The molecule has 1 atom stereocenters. The van der Waals surface area contributed by atoms with Gasteiger partial charge in [0.25, 0.3) is 11.8 Å². The lowest BCUT2D eigenvalue weighted by molar-refractivity contribution is -0.123. The van der Waals surface area contributed by atoms with Gasteiger partial charge in [-0.05, 0) is 25.8 Å². The van der Waals surface area contributed by atoms with Crippen LogP contribution < -0.4 is 4.90 Å². The van der Waals surface area contributed by atoms with Gasteiger partial charge in [0.1, 0.15) is 4.32 Å². The monoisotopic (exact) mass is 374 g/mol. The largest absolute Gasteiger partial charge is 0.376 e. The van der Waals surface area contributed by atoms with Crippen LogP contribution in [0.25, 0.3) is 5.57 Å². The van der Waals surface area contributed by atoms with E-state index in [9.17, 15) is 9.59 Å². The lowest BCUT2D eigenvalue weighted by Gasteiger charge is -2.18. The predicted molar refractivity (Wildman–Crippen MR) is 102 cm³/mol. The van der Waals surface area contributed by atoms with E-state index in [2.05, 4.69) is 0 Å². The number of anilines is 1. The van der Waals surface area contributed by atoms with Gasteiger partial charge in [-0.25, -0.2) is 0 Å². The summed E-state index contributed by atoms with van der Waals surface area (Å²) in [6, 6.07) is 7.60. The van der Waals surface area contributed by atoms with Crippen LogP contribution in [0.3, 0.4) is 0 Å². The Labute approximate surface area is 156 Å². The van der Waals surface area contributed by atoms with E-state index in [4.69, 9.17) is 17.0 Å². The molecule has 3 aliphatic heterocycles. The van der Waals surface area contributed by atoms with Crippen molar-refractivity contribution in [1.82, 2.24) is 4.90 Å². The first-order chi connectivity index (χ1) is 12.1. The van der Waals surface area contributed by atoms with Crippen molar-refractivity contribution >= 4 is 51.4 Å². The van der Waals surface area contributed by atoms with Crippen molar-refractivity contribution in [3.63, 3.8) is 0 Å². The van der Waals surface area contributed by atoms with Crippen LogP contribution in [0, 0.1) is 0 Å². The van der Waals surface area contributed by atoms with Crippen molar-refractivity contribution in [2.45, 2.75) is 25.9 Å². The summed E-state index contributed by atoms with van der Waals surface area (Å²) in [5, 5.41) is 0. The Bertz CT molecular complexity index is 799. The fourth-order valence-corrected chi connectivity index (χ4v) is 4.86. The van der Waals surface area contributed by atoms with E-state index < -0.39 is 0 Å². The van der Waals surface area contributed by atoms with Crippen LogP contribution in [0.4, 0.5) is 5.69 Å². The zero-order valence-corrected chi connectivity index (χ0v) is 15.5. The Morgan fingerprint density at radius 2 is 2.04 bits per heavy atom. The highest BCUT2D eigenvalue weighted by Crippen LogP contribution is 2.44. The van der Waals surface area contributed by atoms with Crippen LogP contribution in [-0.2, 0) is 14.3 Å². The standard InChI is InChI=1S/C18H18N2O3S2/c1-2-19-13-8-4-3-7-12(13)14(16(19)21)15-17(22)20(18(24)25-15)10-11-6-5-9-23-11/h3-4,7-8,11H,2,5-6,9-10H2,1H3/b15-14+/t11-/m0/s1. The highest BCUT2D eigenvalue weighted by molar-refractivity contribution is 8.26. The fraction of sp³-hybridized carbons (Fsp3) is 0.389. The molecule has 0 bridgehead atoms. The van der Waals surface area contributed by atoms with Gasteiger partial charge in [-0.15, -0.1) is 0 Å². The number of amides is 2. The van der Waals surface area contributed by atoms with E-state index in [0.717, 1.165) is 30.7 Å².